The molecule has 0 spiro atoms. The van der Waals surface area contributed by atoms with Gasteiger partial charge in [-0.05, 0) is 17.7 Å². The molecule has 0 aliphatic rings. The normalized spacial score (nSPS) is 12.2. The molecule has 6 heteroatoms. The van der Waals surface area contributed by atoms with Gasteiger partial charge < -0.3 is 15.5 Å². The average molecular weight is 290 g/mol. The molecule has 0 radical (unpaired) electrons. The van der Waals surface area contributed by atoms with E-state index in [1.807, 2.05) is 12.1 Å². The molecule has 1 unspecified atom stereocenters. The molecule has 1 rings (SSSR count). The minimum absolute atomic E-state index is 0.0971. The van der Waals surface area contributed by atoms with Gasteiger partial charge in [0.25, 0.3) is 0 Å². The van der Waals surface area contributed by atoms with Crippen LogP contribution in [0.3, 0.4) is 0 Å². The molecule has 0 saturated carbocycles. The molecule has 0 aliphatic heterocycles. The van der Waals surface area contributed by atoms with Gasteiger partial charge >= 0.3 is 0 Å². The molecular formula is C12H16ClNO3S. The minimum atomic E-state index is -0.765. The van der Waals surface area contributed by atoms with Crippen molar-refractivity contribution in [3.8, 4) is 0 Å². The fourth-order valence-corrected chi connectivity index (χ4v) is 2.10. The van der Waals surface area contributed by atoms with Crippen molar-refractivity contribution >= 4 is 29.3 Å². The van der Waals surface area contributed by atoms with E-state index in [2.05, 4.69) is 5.32 Å². The van der Waals surface area contributed by atoms with Crippen LogP contribution in [0.1, 0.15) is 5.56 Å². The smallest absolute Gasteiger partial charge is 0.230 e. The maximum atomic E-state index is 11.5. The summed E-state index contributed by atoms with van der Waals surface area (Å²) >= 11 is 7.04. The number of amides is 1. The third-order valence-electron chi connectivity index (χ3n) is 2.16. The highest BCUT2D eigenvalue weighted by Gasteiger charge is 2.05. The van der Waals surface area contributed by atoms with Crippen LogP contribution in [-0.4, -0.2) is 40.3 Å². The van der Waals surface area contributed by atoms with Crippen molar-refractivity contribution in [2.75, 3.05) is 18.1 Å². The highest BCUT2D eigenvalue weighted by atomic mass is 35.5. The Kier molecular flexibility index (Phi) is 7.12. The zero-order chi connectivity index (χ0) is 13.4. The molecule has 4 nitrogen and oxygen atoms in total. The molecule has 0 bridgehead atoms. The predicted octanol–water partition coefficient (Wildman–Crippen LogP) is 1.04. The first-order chi connectivity index (χ1) is 8.61. The molecule has 0 saturated heterocycles. The third-order valence-corrected chi connectivity index (χ3v) is 3.50. The van der Waals surface area contributed by atoms with E-state index in [1.165, 1.54) is 11.8 Å². The molecule has 0 aliphatic carbocycles. The number of thioether (sulfide) groups is 1. The van der Waals surface area contributed by atoms with Crippen molar-refractivity contribution in [3.63, 3.8) is 0 Å². The number of carbonyl (C=O) groups excluding carboxylic acids is 1. The van der Waals surface area contributed by atoms with Crippen molar-refractivity contribution < 1.29 is 15.0 Å². The number of benzene rings is 1. The topological polar surface area (TPSA) is 69.6 Å². The molecule has 1 atom stereocenters. The van der Waals surface area contributed by atoms with E-state index in [0.717, 1.165) is 5.56 Å². The maximum Gasteiger partial charge on any atom is 0.230 e. The number of hydrogen-bond acceptors (Lipinski definition) is 4. The second kappa shape index (κ2) is 8.37. The zero-order valence-corrected chi connectivity index (χ0v) is 11.4. The fraction of sp³-hybridized carbons (Fsp3) is 0.417. The summed E-state index contributed by atoms with van der Waals surface area (Å²) in [5, 5.41) is 21.1. The average Bonchev–Trinajstić information content (AvgIpc) is 2.38. The maximum absolute atomic E-state index is 11.5. The van der Waals surface area contributed by atoms with Crippen molar-refractivity contribution in [1.29, 1.82) is 0 Å². The number of rotatable bonds is 7. The molecule has 18 heavy (non-hydrogen) atoms. The van der Waals surface area contributed by atoms with Crippen LogP contribution in [0.4, 0.5) is 0 Å². The first kappa shape index (κ1) is 15.3. The van der Waals surface area contributed by atoms with E-state index >= 15 is 0 Å². The van der Waals surface area contributed by atoms with Crippen LogP contribution in [0.25, 0.3) is 0 Å². The van der Waals surface area contributed by atoms with Crippen LogP contribution < -0.4 is 5.32 Å². The lowest BCUT2D eigenvalue weighted by atomic mass is 10.2. The standard InChI is InChI=1S/C12H16ClNO3S/c13-10-3-1-9(2-4-10)5-14-12(17)8-18-7-11(16)6-15/h1-4,11,15-16H,5-8H2,(H,14,17). The second-order valence-corrected chi connectivity index (χ2v) is 5.22. The Morgan fingerprint density at radius 2 is 2.06 bits per heavy atom. The summed E-state index contributed by atoms with van der Waals surface area (Å²) in [7, 11) is 0. The van der Waals surface area contributed by atoms with Crippen LogP contribution in [0, 0.1) is 0 Å². The van der Waals surface area contributed by atoms with Crippen LogP contribution in [0.2, 0.25) is 5.02 Å². The summed E-state index contributed by atoms with van der Waals surface area (Å²) < 4.78 is 0. The largest absolute Gasteiger partial charge is 0.394 e. The second-order valence-electron chi connectivity index (χ2n) is 3.75. The molecule has 100 valence electrons. The van der Waals surface area contributed by atoms with Gasteiger partial charge in [-0.1, -0.05) is 23.7 Å². The van der Waals surface area contributed by atoms with E-state index in [4.69, 9.17) is 21.8 Å². The van der Waals surface area contributed by atoms with Crippen LogP contribution in [-0.2, 0) is 11.3 Å². The highest BCUT2D eigenvalue weighted by Crippen LogP contribution is 2.09. The fourth-order valence-electron chi connectivity index (χ4n) is 1.19. The number of aliphatic hydroxyl groups is 2. The van der Waals surface area contributed by atoms with Gasteiger partial charge in [-0.2, -0.15) is 0 Å². The number of hydrogen-bond donors (Lipinski definition) is 3. The van der Waals surface area contributed by atoms with Gasteiger partial charge in [0, 0.05) is 17.3 Å². The lowest BCUT2D eigenvalue weighted by Gasteiger charge is -2.07. The van der Waals surface area contributed by atoms with Crippen LogP contribution in [0.5, 0.6) is 0 Å². The lowest BCUT2D eigenvalue weighted by molar-refractivity contribution is -0.118. The van der Waals surface area contributed by atoms with Crippen molar-refractivity contribution in [1.82, 2.24) is 5.32 Å². The lowest BCUT2D eigenvalue weighted by Crippen LogP contribution is -2.25. The summed E-state index contributed by atoms with van der Waals surface area (Å²) in [5.74, 6) is 0.523. The number of aliphatic hydroxyl groups excluding tert-OH is 2. The van der Waals surface area contributed by atoms with Gasteiger partial charge in [0.05, 0.1) is 18.5 Å². The van der Waals surface area contributed by atoms with E-state index in [0.29, 0.717) is 17.3 Å². The van der Waals surface area contributed by atoms with Gasteiger partial charge in [-0.25, -0.2) is 0 Å². The minimum Gasteiger partial charge on any atom is -0.394 e. The third kappa shape index (κ3) is 6.26. The van der Waals surface area contributed by atoms with Crippen LogP contribution >= 0.6 is 23.4 Å². The molecule has 1 aromatic rings. The van der Waals surface area contributed by atoms with E-state index in [1.54, 1.807) is 12.1 Å². The first-order valence-corrected chi connectivity index (χ1v) is 7.03. The highest BCUT2D eigenvalue weighted by molar-refractivity contribution is 7.99. The van der Waals surface area contributed by atoms with Crippen molar-refractivity contribution in [2.24, 2.45) is 0 Å². The SMILES string of the molecule is O=C(CSCC(O)CO)NCc1ccc(Cl)cc1. The number of halogens is 1. The quantitative estimate of drug-likeness (QED) is 0.702. The molecule has 0 heterocycles. The molecule has 0 fully saturated rings. The van der Waals surface area contributed by atoms with Gasteiger partial charge in [-0.15, -0.1) is 11.8 Å². The molecule has 3 N–H and O–H groups in total. The first-order valence-electron chi connectivity index (χ1n) is 5.49. The summed E-state index contributed by atoms with van der Waals surface area (Å²) in [6.45, 7) is 0.179. The summed E-state index contributed by atoms with van der Waals surface area (Å²) in [4.78, 5) is 11.5. The van der Waals surface area contributed by atoms with E-state index < -0.39 is 6.10 Å². The summed E-state index contributed by atoms with van der Waals surface area (Å²) in [5.41, 5.74) is 0.980. The Bertz CT molecular complexity index is 372. The van der Waals surface area contributed by atoms with Gasteiger partial charge in [0.2, 0.25) is 5.91 Å². The number of nitrogens with one attached hydrogen (secondary N) is 1. The molecule has 0 aromatic heterocycles. The van der Waals surface area contributed by atoms with Crippen LogP contribution in [0.15, 0.2) is 24.3 Å². The Morgan fingerprint density at radius 1 is 1.39 bits per heavy atom. The van der Waals surface area contributed by atoms with Crippen molar-refractivity contribution in [3.05, 3.63) is 34.9 Å². The number of carbonyl (C=O) groups is 1. The van der Waals surface area contributed by atoms with E-state index in [9.17, 15) is 4.79 Å². The van der Waals surface area contributed by atoms with Crippen molar-refractivity contribution in [2.45, 2.75) is 12.6 Å². The Morgan fingerprint density at radius 3 is 2.67 bits per heavy atom. The van der Waals surface area contributed by atoms with Gasteiger partial charge in [-0.3, -0.25) is 4.79 Å². The molecule has 1 aromatic carbocycles. The van der Waals surface area contributed by atoms with Gasteiger partial charge in [0.1, 0.15) is 0 Å². The molecule has 1 amide bonds. The molecular weight excluding hydrogens is 274 g/mol. The van der Waals surface area contributed by atoms with Gasteiger partial charge in [0.15, 0.2) is 0 Å². The Balaban J connectivity index is 2.19. The predicted molar refractivity (Wildman–Crippen MR) is 73.7 cm³/mol. The Labute approximate surface area is 115 Å². The summed E-state index contributed by atoms with van der Waals surface area (Å²) in [6.07, 6.45) is -0.765. The summed E-state index contributed by atoms with van der Waals surface area (Å²) in [6, 6.07) is 7.25. The monoisotopic (exact) mass is 289 g/mol. The van der Waals surface area contributed by atoms with E-state index in [-0.39, 0.29) is 18.3 Å². The Hall–Kier alpha value is -0.750. The zero-order valence-electron chi connectivity index (χ0n) is 9.80.